The van der Waals surface area contributed by atoms with E-state index in [0.717, 1.165) is 33.4 Å². The third kappa shape index (κ3) is 2.74. The quantitative estimate of drug-likeness (QED) is 0.465. The van der Waals surface area contributed by atoms with Crippen LogP contribution < -0.4 is 5.32 Å². The summed E-state index contributed by atoms with van der Waals surface area (Å²) in [5, 5.41) is 14.4. The number of fused-ring (bicyclic) bond motifs is 2. The standard InChI is InChI=1S/C23H17N3O2/c27-20-13-15-12-16(10-11-18(15)25-20)24-22(14-6-2-1-3-7-14)21-17-8-4-5-9-19(17)26-23(21)28/h1-12,26,28H,13H2,(H,25,27). The Morgan fingerprint density at radius 2 is 1.75 bits per heavy atom. The molecule has 0 radical (unpaired) electrons. The van der Waals surface area contributed by atoms with Crippen LogP contribution >= 0.6 is 0 Å². The van der Waals surface area contributed by atoms with Crippen molar-refractivity contribution in [2.45, 2.75) is 6.42 Å². The van der Waals surface area contributed by atoms with E-state index in [4.69, 9.17) is 4.99 Å². The van der Waals surface area contributed by atoms with Gasteiger partial charge >= 0.3 is 0 Å². The lowest BCUT2D eigenvalue weighted by Gasteiger charge is -2.08. The molecule has 0 unspecified atom stereocenters. The number of nitrogens with zero attached hydrogens (tertiary/aromatic N) is 1. The van der Waals surface area contributed by atoms with Crippen molar-refractivity contribution in [1.29, 1.82) is 0 Å². The first-order chi connectivity index (χ1) is 13.7. The van der Waals surface area contributed by atoms with Gasteiger partial charge in [0, 0.05) is 22.2 Å². The monoisotopic (exact) mass is 367 g/mol. The van der Waals surface area contributed by atoms with E-state index in [9.17, 15) is 9.90 Å². The van der Waals surface area contributed by atoms with Gasteiger partial charge in [0.15, 0.2) is 5.88 Å². The fourth-order valence-electron chi connectivity index (χ4n) is 3.64. The number of amides is 1. The smallest absolute Gasteiger partial charge is 0.228 e. The van der Waals surface area contributed by atoms with Crippen molar-refractivity contribution in [3.05, 3.63) is 89.5 Å². The molecular weight excluding hydrogens is 350 g/mol. The largest absolute Gasteiger partial charge is 0.494 e. The zero-order valence-electron chi connectivity index (χ0n) is 14.9. The number of hydrogen-bond donors (Lipinski definition) is 3. The van der Waals surface area contributed by atoms with Gasteiger partial charge in [-0.25, -0.2) is 4.99 Å². The van der Waals surface area contributed by atoms with Gasteiger partial charge in [0.2, 0.25) is 5.91 Å². The molecule has 2 heterocycles. The normalized spacial score (nSPS) is 13.6. The number of aliphatic imine (C=N–C) groups is 1. The van der Waals surface area contributed by atoms with Crippen LogP contribution in [0.25, 0.3) is 10.9 Å². The number of benzene rings is 3. The number of hydrogen-bond acceptors (Lipinski definition) is 3. The summed E-state index contributed by atoms with van der Waals surface area (Å²) in [4.78, 5) is 19.6. The molecule has 5 nitrogen and oxygen atoms in total. The summed E-state index contributed by atoms with van der Waals surface area (Å²) in [7, 11) is 0. The average Bonchev–Trinajstić information content (AvgIpc) is 3.24. The lowest BCUT2D eigenvalue weighted by Crippen LogP contribution is -2.03. The molecule has 1 aliphatic heterocycles. The van der Waals surface area contributed by atoms with Crippen LogP contribution in [-0.2, 0) is 11.2 Å². The van der Waals surface area contributed by atoms with E-state index in [1.165, 1.54) is 0 Å². The fourth-order valence-corrected chi connectivity index (χ4v) is 3.64. The van der Waals surface area contributed by atoms with Crippen LogP contribution in [0.5, 0.6) is 5.88 Å². The molecule has 0 saturated carbocycles. The summed E-state index contributed by atoms with van der Waals surface area (Å²) >= 11 is 0. The van der Waals surface area contributed by atoms with E-state index in [1.54, 1.807) is 0 Å². The molecule has 136 valence electrons. The topological polar surface area (TPSA) is 77.5 Å². The van der Waals surface area contributed by atoms with Crippen LogP contribution in [0.3, 0.4) is 0 Å². The molecule has 1 amide bonds. The minimum absolute atomic E-state index is 0.00585. The van der Waals surface area contributed by atoms with Gasteiger partial charge in [0.25, 0.3) is 0 Å². The van der Waals surface area contributed by atoms with E-state index in [2.05, 4.69) is 10.3 Å². The highest BCUT2D eigenvalue weighted by Crippen LogP contribution is 2.33. The highest BCUT2D eigenvalue weighted by atomic mass is 16.3. The van der Waals surface area contributed by atoms with Crippen molar-refractivity contribution in [2.75, 3.05) is 5.32 Å². The Morgan fingerprint density at radius 3 is 2.61 bits per heavy atom. The second kappa shape index (κ2) is 6.39. The summed E-state index contributed by atoms with van der Waals surface area (Å²) in [6.07, 6.45) is 0.359. The van der Waals surface area contributed by atoms with Gasteiger partial charge < -0.3 is 15.4 Å². The van der Waals surface area contributed by atoms with E-state index in [-0.39, 0.29) is 11.8 Å². The Kier molecular flexibility index (Phi) is 3.72. The minimum Gasteiger partial charge on any atom is -0.494 e. The van der Waals surface area contributed by atoms with E-state index in [0.29, 0.717) is 17.7 Å². The maximum absolute atomic E-state index is 11.6. The van der Waals surface area contributed by atoms with Crippen molar-refractivity contribution in [2.24, 2.45) is 4.99 Å². The lowest BCUT2D eigenvalue weighted by molar-refractivity contribution is -0.115. The predicted molar refractivity (Wildman–Crippen MR) is 110 cm³/mol. The van der Waals surface area contributed by atoms with E-state index in [1.807, 2.05) is 72.8 Å². The van der Waals surface area contributed by atoms with Gasteiger partial charge in [0.1, 0.15) is 0 Å². The molecule has 0 aliphatic carbocycles. The molecule has 3 aromatic carbocycles. The van der Waals surface area contributed by atoms with Crippen molar-refractivity contribution < 1.29 is 9.90 Å². The van der Waals surface area contributed by atoms with Gasteiger partial charge in [0.05, 0.1) is 23.4 Å². The van der Waals surface area contributed by atoms with Crippen molar-refractivity contribution in [3.63, 3.8) is 0 Å². The first-order valence-electron chi connectivity index (χ1n) is 9.06. The molecule has 3 N–H and O–H groups in total. The number of aromatic hydroxyl groups is 1. The Balaban J connectivity index is 1.72. The SMILES string of the molecule is O=C1Cc2cc(N=C(c3ccccc3)c3c(O)[nH]c4ccccc34)ccc2N1. The second-order valence-electron chi connectivity index (χ2n) is 6.79. The average molecular weight is 367 g/mol. The molecule has 1 aliphatic rings. The molecule has 0 spiro atoms. The molecule has 5 rings (SSSR count). The molecule has 0 fully saturated rings. The van der Waals surface area contributed by atoms with Crippen LogP contribution in [0.15, 0.2) is 77.8 Å². The molecule has 0 bridgehead atoms. The minimum atomic E-state index is -0.00585. The van der Waals surface area contributed by atoms with Gasteiger partial charge in [-0.3, -0.25) is 4.79 Å². The first-order valence-corrected chi connectivity index (χ1v) is 9.06. The molecule has 28 heavy (non-hydrogen) atoms. The van der Waals surface area contributed by atoms with Crippen LogP contribution in [0.1, 0.15) is 16.7 Å². The summed E-state index contributed by atoms with van der Waals surface area (Å²) in [5.41, 5.74) is 5.59. The number of carbonyl (C=O) groups excluding carboxylic acids is 1. The third-order valence-electron chi connectivity index (χ3n) is 4.93. The van der Waals surface area contributed by atoms with Crippen LogP contribution in [0.4, 0.5) is 11.4 Å². The molecule has 1 aromatic heterocycles. The Morgan fingerprint density at radius 1 is 0.964 bits per heavy atom. The van der Waals surface area contributed by atoms with E-state index >= 15 is 0 Å². The molecular formula is C23H17N3O2. The number of aromatic amines is 1. The lowest BCUT2D eigenvalue weighted by atomic mass is 10.0. The summed E-state index contributed by atoms with van der Waals surface area (Å²) in [5.74, 6) is 0.0792. The van der Waals surface area contributed by atoms with Gasteiger partial charge in [-0.05, 0) is 29.8 Å². The molecule has 4 aromatic rings. The number of H-pyrrole nitrogens is 1. The number of rotatable bonds is 3. The predicted octanol–water partition coefficient (Wildman–Crippen LogP) is 4.54. The number of anilines is 1. The number of carbonyl (C=O) groups is 1. The van der Waals surface area contributed by atoms with Crippen molar-refractivity contribution >= 4 is 33.9 Å². The number of para-hydroxylation sites is 1. The van der Waals surface area contributed by atoms with E-state index < -0.39 is 0 Å². The highest BCUT2D eigenvalue weighted by Gasteiger charge is 2.20. The summed E-state index contributed by atoms with van der Waals surface area (Å²) in [6, 6.07) is 23.2. The third-order valence-corrected chi connectivity index (χ3v) is 4.93. The highest BCUT2D eigenvalue weighted by molar-refractivity contribution is 6.21. The van der Waals surface area contributed by atoms with Crippen LogP contribution in [0.2, 0.25) is 0 Å². The fraction of sp³-hybridized carbons (Fsp3) is 0.0435. The summed E-state index contributed by atoms with van der Waals surface area (Å²) in [6.45, 7) is 0. The van der Waals surface area contributed by atoms with Crippen LogP contribution in [0, 0.1) is 0 Å². The molecule has 0 saturated heterocycles. The van der Waals surface area contributed by atoms with Gasteiger partial charge in [-0.2, -0.15) is 0 Å². The van der Waals surface area contributed by atoms with Gasteiger partial charge in [-0.1, -0.05) is 48.5 Å². The molecule has 0 atom stereocenters. The zero-order chi connectivity index (χ0) is 19.1. The van der Waals surface area contributed by atoms with Crippen molar-refractivity contribution in [1.82, 2.24) is 4.98 Å². The molecule has 5 heteroatoms. The maximum atomic E-state index is 11.6. The first kappa shape index (κ1) is 16.3. The zero-order valence-corrected chi connectivity index (χ0v) is 14.9. The second-order valence-corrected chi connectivity index (χ2v) is 6.79. The summed E-state index contributed by atoms with van der Waals surface area (Å²) < 4.78 is 0. The van der Waals surface area contributed by atoms with Gasteiger partial charge in [-0.15, -0.1) is 0 Å². The number of nitrogens with one attached hydrogen (secondary N) is 2. The Hall–Kier alpha value is -3.86. The van der Waals surface area contributed by atoms with Crippen molar-refractivity contribution in [3.8, 4) is 5.88 Å². The Bertz CT molecular complexity index is 1240. The van der Waals surface area contributed by atoms with Crippen LogP contribution in [-0.4, -0.2) is 21.7 Å². The Labute approximate surface area is 161 Å². The maximum Gasteiger partial charge on any atom is 0.228 e. The number of aromatic nitrogens is 1.